The first kappa shape index (κ1) is 27.4. The Labute approximate surface area is 237 Å². The highest BCUT2D eigenvalue weighted by Gasteiger charge is 2.38. The fraction of sp³-hybridized carbons (Fsp3) is 0.448. The molecule has 10 heteroatoms. The first-order valence-corrected chi connectivity index (χ1v) is 14.8. The van der Waals surface area contributed by atoms with Gasteiger partial charge in [-0.1, -0.05) is 43.2 Å². The smallest absolute Gasteiger partial charge is 0.270 e. The number of thiocarbonyl (C=S) groups is 1. The quantitative estimate of drug-likeness (QED) is 0.371. The van der Waals surface area contributed by atoms with Gasteiger partial charge in [0.25, 0.3) is 11.5 Å². The zero-order valence-corrected chi connectivity index (χ0v) is 23.9. The zero-order valence-electron chi connectivity index (χ0n) is 22.3. The third-order valence-corrected chi connectivity index (χ3v) is 9.30. The summed E-state index contributed by atoms with van der Waals surface area (Å²) in [5.41, 5.74) is 2.02. The Bertz CT molecular complexity index is 1420. The van der Waals surface area contributed by atoms with Crippen LogP contribution in [0.25, 0.3) is 6.08 Å². The maximum Gasteiger partial charge on any atom is 0.270 e. The molecule has 0 unspecified atom stereocenters. The van der Waals surface area contributed by atoms with Gasteiger partial charge in [0.2, 0.25) is 0 Å². The Morgan fingerprint density at radius 3 is 2.33 bits per heavy atom. The molecule has 1 saturated carbocycles. The van der Waals surface area contributed by atoms with Gasteiger partial charge in [-0.15, -0.1) is 0 Å². The van der Waals surface area contributed by atoms with Crippen LogP contribution in [0, 0.1) is 24.1 Å². The van der Waals surface area contributed by atoms with Crippen LogP contribution in [0.5, 0.6) is 0 Å². The minimum Gasteiger partial charge on any atom is -0.368 e. The molecule has 1 aromatic carbocycles. The number of hydrogen-bond donors (Lipinski definition) is 0. The summed E-state index contributed by atoms with van der Waals surface area (Å²) in [7, 11) is 0. The standard InChI is InChI=1S/C29H32FN5O2S2/c1-3-34-26(33-15-13-32(14-16-33)21-11-9-20(30)10-12-21)23(19(2)24(18-31)27(34)36)17-25-28(37)35(29(38)39-25)22-7-5-4-6-8-22/h9-12,17,22H,3-8,13-16H2,1-2H3/b25-17+. The second-order valence-electron chi connectivity index (χ2n) is 10.2. The molecule has 0 radical (unpaired) electrons. The van der Waals surface area contributed by atoms with Crippen molar-refractivity contribution in [3.05, 3.63) is 62.0 Å². The van der Waals surface area contributed by atoms with Crippen LogP contribution in [0.4, 0.5) is 15.9 Å². The third-order valence-electron chi connectivity index (χ3n) is 7.97. The van der Waals surface area contributed by atoms with Crippen molar-refractivity contribution in [2.24, 2.45) is 0 Å². The van der Waals surface area contributed by atoms with Crippen molar-refractivity contribution in [1.82, 2.24) is 9.47 Å². The summed E-state index contributed by atoms with van der Waals surface area (Å²) in [5, 5.41) is 9.86. The Morgan fingerprint density at radius 1 is 1.08 bits per heavy atom. The number of rotatable bonds is 5. The molecule has 1 amide bonds. The highest BCUT2D eigenvalue weighted by atomic mass is 32.2. The molecule has 3 fully saturated rings. The van der Waals surface area contributed by atoms with Gasteiger partial charge < -0.3 is 9.80 Å². The van der Waals surface area contributed by atoms with Crippen molar-refractivity contribution in [2.75, 3.05) is 36.0 Å². The van der Waals surface area contributed by atoms with Gasteiger partial charge in [0, 0.05) is 50.0 Å². The Hall–Kier alpha value is -3.16. The molecule has 204 valence electrons. The summed E-state index contributed by atoms with van der Waals surface area (Å²) in [5.74, 6) is 0.368. The Morgan fingerprint density at radius 2 is 1.72 bits per heavy atom. The normalized spacial score (nSPS) is 19.7. The SMILES string of the molecule is CCn1c(N2CCN(c3ccc(F)cc3)CC2)c(/C=C2/SC(=S)N(C3CCCCC3)C2=O)c(C)c(C#N)c1=O. The van der Waals surface area contributed by atoms with E-state index in [1.807, 2.05) is 13.0 Å². The molecular weight excluding hydrogens is 533 g/mol. The number of nitrogens with zero attached hydrogens (tertiary/aromatic N) is 5. The number of amides is 1. The molecule has 2 aromatic rings. The molecule has 7 nitrogen and oxygen atoms in total. The summed E-state index contributed by atoms with van der Waals surface area (Å²) in [6.07, 6.45) is 7.14. The maximum absolute atomic E-state index is 13.6. The van der Waals surface area contributed by atoms with Crippen LogP contribution in [0.2, 0.25) is 0 Å². The number of nitriles is 1. The maximum atomic E-state index is 13.6. The van der Waals surface area contributed by atoms with Gasteiger partial charge in [0.1, 0.15) is 27.6 Å². The molecule has 3 heterocycles. The molecule has 0 N–H and O–H groups in total. The van der Waals surface area contributed by atoms with E-state index >= 15 is 0 Å². The predicted octanol–water partition coefficient (Wildman–Crippen LogP) is 5.05. The topological polar surface area (TPSA) is 72.6 Å². The van der Waals surface area contributed by atoms with Crippen LogP contribution in [-0.2, 0) is 11.3 Å². The molecule has 39 heavy (non-hydrogen) atoms. The van der Waals surface area contributed by atoms with E-state index in [-0.39, 0.29) is 28.9 Å². The van der Waals surface area contributed by atoms with E-state index in [1.165, 1.54) is 30.3 Å². The lowest BCUT2D eigenvalue weighted by atomic mass is 9.94. The van der Waals surface area contributed by atoms with Crippen LogP contribution >= 0.6 is 24.0 Å². The third kappa shape index (κ3) is 5.22. The molecule has 3 aliphatic rings. The van der Waals surface area contributed by atoms with Crippen LogP contribution in [0.1, 0.15) is 55.7 Å². The average molecular weight is 566 g/mol. The highest BCUT2D eigenvalue weighted by Crippen LogP contribution is 2.39. The van der Waals surface area contributed by atoms with Gasteiger partial charge in [-0.05, 0) is 62.6 Å². The van der Waals surface area contributed by atoms with Gasteiger partial charge in [-0.25, -0.2) is 4.39 Å². The largest absolute Gasteiger partial charge is 0.368 e. The van der Waals surface area contributed by atoms with Crippen LogP contribution < -0.4 is 15.4 Å². The Kier molecular flexibility index (Phi) is 8.10. The first-order chi connectivity index (χ1) is 18.8. The number of carbonyl (C=O) groups is 1. The number of thioether (sulfide) groups is 1. The summed E-state index contributed by atoms with van der Waals surface area (Å²) in [6, 6.07) is 8.71. The number of anilines is 2. The van der Waals surface area contributed by atoms with Crippen LogP contribution in [0.15, 0.2) is 34.0 Å². The predicted molar refractivity (Wildman–Crippen MR) is 159 cm³/mol. The summed E-state index contributed by atoms with van der Waals surface area (Å²) in [6.45, 7) is 6.70. The monoisotopic (exact) mass is 565 g/mol. The lowest BCUT2D eigenvalue weighted by Gasteiger charge is -2.39. The Balaban J connectivity index is 1.52. The zero-order chi connectivity index (χ0) is 27.7. The molecule has 2 aliphatic heterocycles. The van der Waals surface area contributed by atoms with E-state index in [0.29, 0.717) is 53.1 Å². The number of halogens is 1. The number of hydrogen-bond acceptors (Lipinski definition) is 7. The number of pyridine rings is 1. The number of benzene rings is 1. The molecule has 0 spiro atoms. The number of carbonyl (C=O) groups excluding carboxylic acids is 1. The molecule has 2 saturated heterocycles. The lowest BCUT2D eigenvalue weighted by Crippen LogP contribution is -2.48. The van der Waals surface area contributed by atoms with Crippen molar-refractivity contribution in [3.63, 3.8) is 0 Å². The first-order valence-electron chi connectivity index (χ1n) is 13.5. The molecule has 0 bridgehead atoms. The minimum absolute atomic E-state index is 0.0869. The van der Waals surface area contributed by atoms with E-state index in [1.54, 1.807) is 28.5 Å². The second kappa shape index (κ2) is 11.5. The van der Waals surface area contributed by atoms with E-state index in [0.717, 1.165) is 37.2 Å². The molecule has 5 rings (SSSR count). The number of piperazine rings is 1. The minimum atomic E-state index is -0.319. The summed E-state index contributed by atoms with van der Waals surface area (Å²) >= 11 is 6.95. The van der Waals surface area contributed by atoms with E-state index in [9.17, 15) is 19.2 Å². The van der Waals surface area contributed by atoms with Gasteiger partial charge in [-0.2, -0.15) is 5.26 Å². The van der Waals surface area contributed by atoms with Crippen LogP contribution in [0.3, 0.4) is 0 Å². The average Bonchev–Trinajstić information content (AvgIpc) is 3.23. The molecular formula is C29H32FN5O2S2. The fourth-order valence-electron chi connectivity index (χ4n) is 5.87. The van der Waals surface area contributed by atoms with Crippen molar-refractivity contribution >= 4 is 51.8 Å². The van der Waals surface area contributed by atoms with E-state index in [4.69, 9.17) is 12.2 Å². The van der Waals surface area contributed by atoms with Crippen molar-refractivity contribution in [1.29, 1.82) is 5.26 Å². The molecule has 0 atom stereocenters. The van der Waals surface area contributed by atoms with Gasteiger partial charge in [0.05, 0.1) is 4.91 Å². The molecule has 1 aliphatic carbocycles. The van der Waals surface area contributed by atoms with Gasteiger partial charge in [-0.3, -0.25) is 19.1 Å². The number of aromatic nitrogens is 1. The van der Waals surface area contributed by atoms with Crippen molar-refractivity contribution in [3.8, 4) is 6.07 Å². The van der Waals surface area contributed by atoms with Crippen LogP contribution in [-0.4, -0.2) is 51.9 Å². The van der Waals surface area contributed by atoms with Gasteiger partial charge >= 0.3 is 0 Å². The second-order valence-corrected chi connectivity index (χ2v) is 11.9. The van der Waals surface area contributed by atoms with Gasteiger partial charge in [0.15, 0.2) is 0 Å². The highest BCUT2D eigenvalue weighted by molar-refractivity contribution is 8.26. The lowest BCUT2D eigenvalue weighted by molar-refractivity contribution is -0.124. The summed E-state index contributed by atoms with van der Waals surface area (Å²) in [4.78, 5) is 33.6. The molecule has 1 aromatic heterocycles. The van der Waals surface area contributed by atoms with Crippen molar-refractivity contribution < 1.29 is 9.18 Å². The van der Waals surface area contributed by atoms with E-state index in [2.05, 4.69) is 15.9 Å². The summed E-state index contributed by atoms with van der Waals surface area (Å²) < 4.78 is 15.7. The fourth-order valence-corrected chi connectivity index (χ4v) is 7.25. The van der Waals surface area contributed by atoms with E-state index < -0.39 is 0 Å². The van der Waals surface area contributed by atoms with Crippen molar-refractivity contribution in [2.45, 2.75) is 58.5 Å².